The second-order valence-electron chi connectivity index (χ2n) is 7.96. The summed E-state index contributed by atoms with van der Waals surface area (Å²) in [6, 6.07) is 3.23. The molecule has 1 aliphatic heterocycles. The zero-order valence-electron chi connectivity index (χ0n) is 18.0. The standard InChI is InChI=1S/C22H19F6N5O.ClH/c23-15-10-17(25)16(24)8-13(15)7-14(29)9-19(34)32-5-6-33-18(11-32)20(12-1-3-30-4-2-12)31-21(33)22(26,27)28;/h1-4,8,10,14H,5-7,9,11,29H2;1H/t14-;/m1./s1. The number of imidazole rings is 1. The largest absolute Gasteiger partial charge is 0.449 e. The van der Waals surface area contributed by atoms with Crippen molar-refractivity contribution in [2.24, 2.45) is 5.73 Å². The van der Waals surface area contributed by atoms with Crippen LogP contribution >= 0.6 is 12.4 Å². The zero-order chi connectivity index (χ0) is 24.6. The molecule has 0 saturated carbocycles. The topological polar surface area (TPSA) is 77.0 Å². The molecule has 188 valence electrons. The molecule has 0 spiro atoms. The van der Waals surface area contributed by atoms with Gasteiger partial charge in [0.2, 0.25) is 11.7 Å². The number of carbonyl (C=O) groups excluding carboxylic acids is 1. The maximum absolute atomic E-state index is 13.9. The maximum Gasteiger partial charge on any atom is 0.449 e. The monoisotopic (exact) mass is 519 g/mol. The summed E-state index contributed by atoms with van der Waals surface area (Å²) in [5.74, 6) is -5.06. The normalized spacial score (nSPS) is 14.3. The molecular formula is C22H20ClF6N5O. The van der Waals surface area contributed by atoms with Gasteiger partial charge in [-0.15, -0.1) is 12.4 Å². The number of carbonyl (C=O) groups is 1. The van der Waals surface area contributed by atoms with E-state index in [1.165, 1.54) is 29.4 Å². The van der Waals surface area contributed by atoms with Crippen molar-refractivity contribution in [1.82, 2.24) is 19.4 Å². The third-order valence-electron chi connectivity index (χ3n) is 5.57. The van der Waals surface area contributed by atoms with Gasteiger partial charge in [0.15, 0.2) is 11.6 Å². The Morgan fingerprint density at radius 3 is 2.37 bits per heavy atom. The molecule has 0 radical (unpaired) electrons. The Balaban J connectivity index is 0.00000342. The van der Waals surface area contributed by atoms with E-state index in [-0.39, 0.29) is 61.8 Å². The fourth-order valence-electron chi connectivity index (χ4n) is 3.97. The Kier molecular flexibility index (Phi) is 7.75. The highest BCUT2D eigenvalue weighted by Gasteiger charge is 2.40. The molecule has 0 unspecified atom stereocenters. The summed E-state index contributed by atoms with van der Waals surface area (Å²) in [6.45, 7) is -0.264. The van der Waals surface area contributed by atoms with Gasteiger partial charge < -0.3 is 15.2 Å². The number of nitrogens with two attached hydrogens (primary N) is 1. The summed E-state index contributed by atoms with van der Waals surface area (Å²) in [5.41, 5.74) is 6.51. The number of rotatable bonds is 5. The van der Waals surface area contributed by atoms with Crippen LogP contribution in [0, 0.1) is 17.5 Å². The molecule has 1 amide bonds. The summed E-state index contributed by atoms with van der Waals surface area (Å²) < 4.78 is 82.1. The number of hydrogen-bond acceptors (Lipinski definition) is 4. The van der Waals surface area contributed by atoms with Crippen molar-refractivity contribution in [3.05, 3.63) is 71.2 Å². The van der Waals surface area contributed by atoms with Crippen LogP contribution in [0.5, 0.6) is 0 Å². The average Bonchev–Trinajstić information content (AvgIpc) is 3.17. The van der Waals surface area contributed by atoms with E-state index < -0.39 is 41.4 Å². The highest BCUT2D eigenvalue weighted by Crippen LogP contribution is 2.35. The summed E-state index contributed by atoms with van der Waals surface area (Å²) in [4.78, 5) is 21.8. The van der Waals surface area contributed by atoms with E-state index >= 15 is 0 Å². The molecule has 4 rings (SSSR count). The first-order chi connectivity index (χ1) is 16.0. The third-order valence-corrected chi connectivity index (χ3v) is 5.57. The van der Waals surface area contributed by atoms with Crippen LogP contribution in [-0.2, 0) is 30.5 Å². The molecule has 2 N–H and O–H groups in total. The molecular weight excluding hydrogens is 500 g/mol. The first kappa shape index (κ1) is 26.5. The summed E-state index contributed by atoms with van der Waals surface area (Å²) in [7, 11) is 0. The van der Waals surface area contributed by atoms with E-state index in [1.54, 1.807) is 0 Å². The van der Waals surface area contributed by atoms with Crippen molar-refractivity contribution in [1.29, 1.82) is 0 Å². The Morgan fingerprint density at radius 1 is 1.06 bits per heavy atom. The van der Waals surface area contributed by atoms with Gasteiger partial charge in [0.1, 0.15) is 5.82 Å². The van der Waals surface area contributed by atoms with Gasteiger partial charge in [0, 0.05) is 49.6 Å². The fourth-order valence-corrected chi connectivity index (χ4v) is 3.97. The lowest BCUT2D eigenvalue weighted by atomic mass is 10.0. The summed E-state index contributed by atoms with van der Waals surface area (Å²) in [5, 5.41) is 0. The molecule has 13 heteroatoms. The molecule has 2 aromatic heterocycles. The Hall–Kier alpha value is -3.12. The number of halogens is 7. The van der Waals surface area contributed by atoms with Gasteiger partial charge in [-0.1, -0.05) is 0 Å². The van der Waals surface area contributed by atoms with Gasteiger partial charge in [-0.25, -0.2) is 18.2 Å². The molecule has 3 heterocycles. The van der Waals surface area contributed by atoms with Crippen molar-refractivity contribution >= 4 is 18.3 Å². The first-order valence-corrected chi connectivity index (χ1v) is 10.3. The van der Waals surface area contributed by atoms with E-state index in [9.17, 15) is 31.1 Å². The molecule has 0 saturated heterocycles. The number of aromatic nitrogens is 3. The van der Waals surface area contributed by atoms with Crippen LogP contribution in [0.25, 0.3) is 11.3 Å². The molecule has 0 fully saturated rings. The van der Waals surface area contributed by atoms with Crippen LogP contribution in [0.3, 0.4) is 0 Å². The zero-order valence-corrected chi connectivity index (χ0v) is 18.8. The lowest BCUT2D eigenvalue weighted by Crippen LogP contribution is -2.42. The fraction of sp³-hybridized carbons (Fsp3) is 0.318. The van der Waals surface area contributed by atoms with Gasteiger partial charge >= 0.3 is 6.18 Å². The van der Waals surface area contributed by atoms with E-state index in [2.05, 4.69) is 9.97 Å². The van der Waals surface area contributed by atoms with Crippen LogP contribution in [0.1, 0.15) is 23.5 Å². The highest BCUT2D eigenvalue weighted by atomic mass is 35.5. The van der Waals surface area contributed by atoms with E-state index in [4.69, 9.17) is 5.73 Å². The second-order valence-corrected chi connectivity index (χ2v) is 7.96. The second kappa shape index (κ2) is 10.2. The van der Waals surface area contributed by atoms with Crippen LogP contribution in [-0.4, -0.2) is 37.9 Å². The highest BCUT2D eigenvalue weighted by molar-refractivity contribution is 5.85. The lowest BCUT2D eigenvalue weighted by Gasteiger charge is -2.30. The number of hydrogen-bond donors (Lipinski definition) is 1. The minimum atomic E-state index is -4.68. The van der Waals surface area contributed by atoms with Gasteiger partial charge in [0.05, 0.1) is 17.9 Å². The molecule has 0 aliphatic carbocycles. The number of pyridine rings is 1. The van der Waals surface area contributed by atoms with Crippen LogP contribution in [0.15, 0.2) is 36.7 Å². The quantitative estimate of drug-likeness (QED) is 0.407. The van der Waals surface area contributed by atoms with Crippen molar-refractivity contribution < 1.29 is 31.1 Å². The molecule has 1 aliphatic rings. The van der Waals surface area contributed by atoms with Crippen molar-refractivity contribution in [3.8, 4) is 11.3 Å². The number of benzene rings is 1. The average molecular weight is 520 g/mol. The minimum Gasteiger partial charge on any atom is -0.335 e. The molecule has 3 aromatic rings. The van der Waals surface area contributed by atoms with Crippen LogP contribution in [0.2, 0.25) is 0 Å². The first-order valence-electron chi connectivity index (χ1n) is 10.3. The smallest absolute Gasteiger partial charge is 0.335 e. The minimum absolute atomic E-state index is 0. The Labute approximate surface area is 202 Å². The summed E-state index contributed by atoms with van der Waals surface area (Å²) >= 11 is 0. The van der Waals surface area contributed by atoms with E-state index in [1.807, 2.05) is 0 Å². The molecule has 6 nitrogen and oxygen atoms in total. The number of alkyl halides is 3. The van der Waals surface area contributed by atoms with Crippen molar-refractivity contribution in [3.63, 3.8) is 0 Å². The molecule has 35 heavy (non-hydrogen) atoms. The summed E-state index contributed by atoms with van der Waals surface area (Å²) in [6.07, 6.45) is -2.31. The van der Waals surface area contributed by atoms with Crippen LogP contribution in [0.4, 0.5) is 26.3 Å². The van der Waals surface area contributed by atoms with Gasteiger partial charge in [-0.2, -0.15) is 13.2 Å². The number of fused-ring (bicyclic) bond motifs is 1. The third kappa shape index (κ3) is 5.59. The lowest BCUT2D eigenvalue weighted by molar-refractivity contribution is -0.148. The molecule has 1 aromatic carbocycles. The van der Waals surface area contributed by atoms with Crippen molar-refractivity contribution in [2.45, 2.75) is 38.1 Å². The van der Waals surface area contributed by atoms with Gasteiger partial charge in [-0.05, 0) is 30.2 Å². The molecule has 1 atom stereocenters. The predicted molar refractivity (Wildman–Crippen MR) is 116 cm³/mol. The maximum atomic E-state index is 13.9. The van der Waals surface area contributed by atoms with Crippen LogP contribution < -0.4 is 5.73 Å². The predicted octanol–water partition coefficient (Wildman–Crippen LogP) is 4.11. The number of nitrogens with zero attached hydrogens (tertiary/aromatic N) is 4. The van der Waals surface area contributed by atoms with E-state index in [0.29, 0.717) is 17.7 Å². The SMILES string of the molecule is Cl.N[C@@H](CC(=O)N1CCn2c(C(F)(F)F)nc(-c3ccncc3)c2C1)Cc1cc(F)c(F)cc1F. The van der Waals surface area contributed by atoms with Gasteiger partial charge in [-0.3, -0.25) is 9.78 Å². The number of amides is 1. The van der Waals surface area contributed by atoms with E-state index in [0.717, 1.165) is 4.57 Å². The Morgan fingerprint density at radius 2 is 1.71 bits per heavy atom. The van der Waals surface area contributed by atoms with Gasteiger partial charge in [0.25, 0.3) is 0 Å². The van der Waals surface area contributed by atoms with Crippen molar-refractivity contribution in [2.75, 3.05) is 6.54 Å². The Bertz CT molecular complexity index is 1220. The molecule has 0 bridgehead atoms.